The summed E-state index contributed by atoms with van der Waals surface area (Å²) in [5.74, 6) is 0.0855. The summed E-state index contributed by atoms with van der Waals surface area (Å²) in [6.45, 7) is 2.60. The van der Waals surface area contributed by atoms with Gasteiger partial charge >= 0.3 is 5.97 Å². The van der Waals surface area contributed by atoms with E-state index in [1.807, 2.05) is 80.5 Å². The average molecular weight is 363 g/mol. The van der Waals surface area contributed by atoms with Crippen molar-refractivity contribution >= 4 is 5.97 Å². The summed E-state index contributed by atoms with van der Waals surface area (Å²) < 4.78 is 10.9. The van der Waals surface area contributed by atoms with Crippen LogP contribution in [0.25, 0.3) is 0 Å². The van der Waals surface area contributed by atoms with E-state index in [1.165, 1.54) is 0 Å². The number of ether oxygens (including phenoxy) is 2. The second kappa shape index (κ2) is 10.1. The topological polar surface area (TPSA) is 38.8 Å². The Morgan fingerprint density at radius 3 is 2.08 bits per heavy atom. The SMILES string of the molecule is COc1ccc(C(C(=O)OC(C)CN(C)C)c2ccccc2)cc1.[Cl-]. The first-order valence-corrected chi connectivity index (χ1v) is 8.05. The van der Waals surface area contributed by atoms with Gasteiger partial charge in [0, 0.05) is 6.54 Å². The smallest absolute Gasteiger partial charge is 0.318 e. The zero-order chi connectivity index (χ0) is 17.5. The van der Waals surface area contributed by atoms with Crippen molar-refractivity contribution in [3.8, 4) is 5.75 Å². The highest BCUT2D eigenvalue weighted by molar-refractivity contribution is 5.82. The summed E-state index contributed by atoms with van der Waals surface area (Å²) in [7, 11) is 5.55. The molecule has 0 spiro atoms. The third kappa shape index (κ3) is 6.07. The molecule has 4 nitrogen and oxygen atoms in total. The Morgan fingerprint density at radius 1 is 1.00 bits per heavy atom. The molecule has 2 rings (SSSR count). The molecule has 0 radical (unpaired) electrons. The first-order valence-electron chi connectivity index (χ1n) is 8.05. The normalized spacial score (nSPS) is 12.8. The molecule has 136 valence electrons. The maximum atomic E-state index is 12.8. The van der Waals surface area contributed by atoms with E-state index in [0.717, 1.165) is 16.9 Å². The molecule has 0 aliphatic carbocycles. The van der Waals surface area contributed by atoms with Gasteiger partial charge in [0.1, 0.15) is 17.8 Å². The first kappa shape index (κ1) is 21.0. The molecule has 2 atom stereocenters. The van der Waals surface area contributed by atoms with Crippen LogP contribution in [0.15, 0.2) is 54.6 Å². The van der Waals surface area contributed by atoms with Gasteiger partial charge in [-0.3, -0.25) is 4.79 Å². The zero-order valence-corrected chi connectivity index (χ0v) is 15.9. The summed E-state index contributed by atoms with van der Waals surface area (Å²) in [5, 5.41) is 0. The van der Waals surface area contributed by atoms with Crippen LogP contribution in [-0.4, -0.2) is 44.7 Å². The molecule has 0 N–H and O–H groups in total. The lowest BCUT2D eigenvalue weighted by Gasteiger charge is -2.22. The van der Waals surface area contributed by atoms with E-state index in [-0.39, 0.29) is 24.5 Å². The molecule has 0 aliphatic heterocycles. The van der Waals surface area contributed by atoms with Gasteiger partial charge < -0.3 is 26.8 Å². The molecular formula is C20H25ClNO3-. The van der Waals surface area contributed by atoms with Crippen LogP contribution >= 0.6 is 0 Å². The minimum absolute atomic E-state index is 0. The number of hydrogen-bond donors (Lipinski definition) is 0. The maximum Gasteiger partial charge on any atom is 0.318 e. The van der Waals surface area contributed by atoms with Crippen LogP contribution in [0.5, 0.6) is 5.75 Å². The largest absolute Gasteiger partial charge is 1.00 e. The van der Waals surface area contributed by atoms with E-state index < -0.39 is 5.92 Å². The van der Waals surface area contributed by atoms with Gasteiger partial charge in [-0.15, -0.1) is 0 Å². The van der Waals surface area contributed by atoms with Gasteiger partial charge in [-0.1, -0.05) is 42.5 Å². The highest BCUT2D eigenvalue weighted by Crippen LogP contribution is 2.28. The number of carbonyl (C=O) groups excluding carboxylic acids is 1. The van der Waals surface area contributed by atoms with Crippen LogP contribution < -0.4 is 17.1 Å². The van der Waals surface area contributed by atoms with Crippen molar-refractivity contribution in [3.05, 3.63) is 65.7 Å². The van der Waals surface area contributed by atoms with Crippen LogP contribution in [0.4, 0.5) is 0 Å². The second-order valence-electron chi connectivity index (χ2n) is 6.13. The number of hydrogen-bond acceptors (Lipinski definition) is 4. The number of carbonyl (C=O) groups is 1. The van der Waals surface area contributed by atoms with Crippen molar-refractivity contribution in [2.24, 2.45) is 0 Å². The molecule has 0 aromatic heterocycles. The van der Waals surface area contributed by atoms with Crippen molar-refractivity contribution in [1.29, 1.82) is 0 Å². The number of rotatable bonds is 7. The Kier molecular flexibility index (Phi) is 8.46. The van der Waals surface area contributed by atoms with Crippen molar-refractivity contribution in [2.45, 2.75) is 18.9 Å². The van der Waals surface area contributed by atoms with E-state index in [2.05, 4.69) is 0 Å². The molecule has 2 aromatic rings. The van der Waals surface area contributed by atoms with Gasteiger partial charge in [-0.25, -0.2) is 0 Å². The Balaban J connectivity index is 0.00000312. The summed E-state index contributed by atoms with van der Waals surface area (Å²) in [5.41, 5.74) is 1.81. The van der Waals surface area contributed by atoms with Gasteiger partial charge in [0.05, 0.1) is 7.11 Å². The van der Waals surface area contributed by atoms with Crippen LogP contribution in [0.2, 0.25) is 0 Å². The lowest BCUT2D eigenvalue weighted by Crippen LogP contribution is -3.00. The van der Waals surface area contributed by atoms with Crippen molar-refractivity contribution in [1.82, 2.24) is 4.90 Å². The second-order valence-corrected chi connectivity index (χ2v) is 6.13. The fourth-order valence-electron chi connectivity index (χ4n) is 2.72. The first-order chi connectivity index (χ1) is 11.5. The van der Waals surface area contributed by atoms with E-state index in [9.17, 15) is 4.79 Å². The van der Waals surface area contributed by atoms with Crippen LogP contribution in [0.1, 0.15) is 24.0 Å². The Hall–Kier alpha value is -2.04. The van der Waals surface area contributed by atoms with Crippen molar-refractivity contribution < 1.29 is 26.7 Å². The number of esters is 1. The lowest BCUT2D eigenvalue weighted by atomic mass is 9.91. The molecule has 0 saturated heterocycles. The predicted octanol–water partition coefficient (Wildman–Crippen LogP) is 0.324. The third-order valence-corrected chi connectivity index (χ3v) is 3.76. The third-order valence-electron chi connectivity index (χ3n) is 3.76. The molecule has 0 amide bonds. The average Bonchev–Trinajstić information content (AvgIpc) is 2.56. The maximum absolute atomic E-state index is 12.8. The minimum Gasteiger partial charge on any atom is -1.00 e. The molecule has 0 fully saturated rings. The highest BCUT2D eigenvalue weighted by atomic mass is 35.5. The molecule has 25 heavy (non-hydrogen) atoms. The number of methoxy groups -OCH3 is 1. The Morgan fingerprint density at radius 2 is 1.56 bits per heavy atom. The number of halogens is 1. The van der Waals surface area contributed by atoms with E-state index in [4.69, 9.17) is 9.47 Å². The van der Waals surface area contributed by atoms with Crippen molar-refractivity contribution in [2.75, 3.05) is 27.7 Å². The zero-order valence-electron chi connectivity index (χ0n) is 15.1. The fourth-order valence-corrected chi connectivity index (χ4v) is 2.72. The molecule has 0 heterocycles. The summed E-state index contributed by atoms with van der Waals surface area (Å²) >= 11 is 0. The molecule has 0 aliphatic rings. The van der Waals surface area contributed by atoms with E-state index in [0.29, 0.717) is 6.54 Å². The molecule has 5 heteroatoms. The fraction of sp³-hybridized carbons (Fsp3) is 0.350. The van der Waals surface area contributed by atoms with Gasteiger partial charge in [-0.05, 0) is 44.3 Å². The summed E-state index contributed by atoms with van der Waals surface area (Å²) in [4.78, 5) is 14.8. The number of nitrogens with zero attached hydrogens (tertiary/aromatic N) is 1. The van der Waals surface area contributed by atoms with Crippen LogP contribution in [0, 0.1) is 0 Å². The Labute approximate surface area is 156 Å². The minimum atomic E-state index is -0.443. The van der Waals surface area contributed by atoms with Crippen LogP contribution in [0.3, 0.4) is 0 Å². The molecule has 2 unspecified atom stereocenters. The molecule has 0 saturated carbocycles. The van der Waals surface area contributed by atoms with Gasteiger partial charge in [0.2, 0.25) is 0 Å². The standard InChI is InChI=1S/C20H25NO3.ClH/c1-15(14-21(2)3)24-20(22)19(16-8-6-5-7-9-16)17-10-12-18(23-4)13-11-17;/h5-13,15,19H,14H2,1-4H3;1H/p-1. The Bertz CT molecular complexity index is 644. The van der Waals surface area contributed by atoms with Crippen molar-refractivity contribution in [3.63, 3.8) is 0 Å². The summed E-state index contributed by atoms with van der Waals surface area (Å²) in [6.07, 6.45) is -0.169. The molecule has 2 aromatic carbocycles. The van der Waals surface area contributed by atoms with Gasteiger partial charge in [0.15, 0.2) is 0 Å². The van der Waals surface area contributed by atoms with Crippen LogP contribution in [-0.2, 0) is 9.53 Å². The predicted molar refractivity (Wildman–Crippen MR) is 95.4 cm³/mol. The van der Waals surface area contributed by atoms with Gasteiger partial charge in [-0.2, -0.15) is 0 Å². The lowest BCUT2D eigenvalue weighted by molar-refractivity contribution is -0.149. The monoisotopic (exact) mass is 362 g/mol. The number of likely N-dealkylation sites (N-methyl/N-ethyl adjacent to an activating group) is 1. The van der Waals surface area contributed by atoms with E-state index >= 15 is 0 Å². The van der Waals surface area contributed by atoms with E-state index in [1.54, 1.807) is 7.11 Å². The molecular weight excluding hydrogens is 338 g/mol. The molecule has 0 bridgehead atoms. The summed E-state index contributed by atoms with van der Waals surface area (Å²) in [6, 6.07) is 17.3. The number of benzene rings is 2. The highest BCUT2D eigenvalue weighted by Gasteiger charge is 2.26. The van der Waals surface area contributed by atoms with Gasteiger partial charge in [0.25, 0.3) is 0 Å². The quantitative estimate of drug-likeness (QED) is 0.665.